The Morgan fingerprint density at radius 3 is 2.90 bits per heavy atom. The molecule has 1 aliphatic heterocycles. The minimum atomic E-state index is -3.58. The van der Waals surface area contributed by atoms with Gasteiger partial charge in [0.05, 0.1) is 19.2 Å². The summed E-state index contributed by atoms with van der Waals surface area (Å²) in [6.07, 6.45) is 1.73. The standard InChI is InChI=1S/C13H21BrN2O4S/c1-3-5-15-8-11-7-12(13(14)20-11)21(17,18)16(2)10-4-6-19-9-10/h7,10,15H,3-6,8-9H2,1-2H3. The van der Waals surface area contributed by atoms with Crippen LogP contribution in [0.2, 0.25) is 0 Å². The summed E-state index contributed by atoms with van der Waals surface area (Å²) < 4.78 is 37.6. The Kier molecular flexibility index (Phi) is 5.84. The Bertz CT molecular complexity index is 567. The van der Waals surface area contributed by atoms with E-state index in [2.05, 4.69) is 28.2 Å². The molecule has 21 heavy (non-hydrogen) atoms. The maximum Gasteiger partial charge on any atom is 0.247 e. The second-order valence-corrected chi connectivity index (χ2v) is 7.75. The first-order chi connectivity index (χ1) is 9.96. The number of likely N-dealkylation sites (N-methyl/N-ethyl adjacent to an activating group) is 1. The normalized spacial score (nSPS) is 19.5. The zero-order valence-corrected chi connectivity index (χ0v) is 14.7. The summed E-state index contributed by atoms with van der Waals surface area (Å²) in [6, 6.07) is 1.47. The minimum Gasteiger partial charge on any atom is -0.452 e. The van der Waals surface area contributed by atoms with Gasteiger partial charge in [-0.2, -0.15) is 4.31 Å². The highest BCUT2D eigenvalue weighted by atomic mass is 79.9. The smallest absolute Gasteiger partial charge is 0.247 e. The number of hydrogen-bond acceptors (Lipinski definition) is 5. The van der Waals surface area contributed by atoms with Crippen LogP contribution in [-0.2, 0) is 21.3 Å². The Morgan fingerprint density at radius 2 is 2.29 bits per heavy atom. The number of hydrogen-bond donors (Lipinski definition) is 1. The van der Waals surface area contributed by atoms with Gasteiger partial charge in [0.25, 0.3) is 0 Å². The molecule has 0 radical (unpaired) electrons. The van der Waals surface area contributed by atoms with Crippen LogP contribution in [-0.4, -0.2) is 45.6 Å². The second kappa shape index (κ2) is 7.23. The lowest BCUT2D eigenvalue weighted by Gasteiger charge is -2.21. The molecule has 0 aliphatic carbocycles. The largest absolute Gasteiger partial charge is 0.452 e. The van der Waals surface area contributed by atoms with Gasteiger partial charge >= 0.3 is 0 Å². The van der Waals surface area contributed by atoms with Crippen LogP contribution in [0.15, 0.2) is 20.0 Å². The van der Waals surface area contributed by atoms with Gasteiger partial charge in [-0.25, -0.2) is 8.42 Å². The summed E-state index contributed by atoms with van der Waals surface area (Å²) in [5, 5.41) is 3.18. The predicted octanol–water partition coefficient (Wildman–Crippen LogP) is 1.95. The molecule has 0 amide bonds. The van der Waals surface area contributed by atoms with Gasteiger partial charge in [0, 0.05) is 19.7 Å². The van der Waals surface area contributed by atoms with Crippen molar-refractivity contribution in [2.45, 2.75) is 37.2 Å². The lowest BCUT2D eigenvalue weighted by molar-refractivity contribution is 0.181. The van der Waals surface area contributed by atoms with Crippen molar-refractivity contribution in [3.05, 3.63) is 16.5 Å². The van der Waals surface area contributed by atoms with E-state index >= 15 is 0 Å². The van der Waals surface area contributed by atoms with Crippen molar-refractivity contribution in [2.24, 2.45) is 0 Å². The van der Waals surface area contributed by atoms with Crippen molar-refractivity contribution in [3.63, 3.8) is 0 Å². The number of rotatable bonds is 7. The van der Waals surface area contributed by atoms with Crippen LogP contribution in [0, 0.1) is 0 Å². The maximum atomic E-state index is 12.6. The molecule has 1 aliphatic rings. The molecule has 120 valence electrons. The molecule has 1 aromatic rings. The van der Waals surface area contributed by atoms with E-state index in [0.29, 0.717) is 25.5 Å². The molecule has 0 aromatic carbocycles. The quantitative estimate of drug-likeness (QED) is 0.731. The van der Waals surface area contributed by atoms with Gasteiger partial charge in [0.1, 0.15) is 10.7 Å². The number of nitrogens with zero attached hydrogens (tertiary/aromatic N) is 1. The summed E-state index contributed by atoms with van der Waals surface area (Å²) in [5.41, 5.74) is 0. The van der Waals surface area contributed by atoms with Gasteiger partial charge in [0.2, 0.25) is 10.0 Å². The number of nitrogens with one attached hydrogen (secondary N) is 1. The van der Waals surface area contributed by atoms with E-state index in [9.17, 15) is 8.42 Å². The van der Waals surface area contributed by atoms with Gasteiger partial charge in [-0.15, -0.1) is 0 Å². The predicted molar refractivity (Wildman–Crippen MR) is 82.6 cm³/mol. The molecule has 1 aromatic heterocycles. The number of halogens is 1. The molecular formula is C13H21BrN2O4S. The average Bonchev–Trinajstić information content (AvgIpc) is 3.08. The van der Waals surface area contributed by atoms with Crippen LogP contribution in [0.3, 0.4) is 0 Å². The molecule has 1 atom stereocenters. The molecule has 0 saturated carbocycles. The Hall–Kier alpha value is -0.410. The third-order valence-corrected chi connectivity index (χ3v) is 6.28. The molecule has 2 rings (SSSR count). The van der Waals surface area contributed by atoms with Crippen LogP contribution >= 0.6 is 15.9 Å². The number of furan rings is 1. The summed E-state index contributed by atoms with van der Waals surface area (Å²) >= 11 is 3.21. The van der Waals surface area contributed by atoms with E-state index < -0.39 is 10.0 Å². The molecule has 1 fully saturated rings. The Balaban J connectivity index is 2.15. The van der Waals surface area contributed by atoms with Crippen molar-refractivity contribution >= 4 is 26.0 Å². The highest BCUT2D eigenvalue weighted by Gasteiger charge is 2.33. The third-order valence-electron chi connectivity index (χ3n) is 3.51. The van der Waals surface area contributed by atoms with Crippen LogP contribution in [0.1, 0.15) is 25.5 Å². The van der Waals surface area contributed by atoms with Crippen LogP contribution < -0.4 is 5.32 Å². The zero-order valence-electron chi connectivity index (χ0n) is 12.3. The summed E-state index contributed by atoms with van der Waals surface area (Å²) in [7, 11) is -1.99. The van der Waals surface area contributed by atoms with E-state index in [1.165, 1.54) is 4.31 Å². The Morgan fingerprint density at radius 1 is 1.52 bits per heavy atom. The lowest BCUT2D eigenvalue weighted by atomic mass is 10.3. The summed E-state index contributed by atoms with van der Waals surface area (Å²) in [4.78, 5) is 0.171. The highest BCUT2D eigenvalue weighted by molar-refractivity contribution is 9.10. The van der Waals surface area contributed by atoms with E-state index in [1.54, 1.807) is 13.1 Å². The fraction of sp³-hybridized carbons (Fsp3) is 0.692. The van der Waals surface area contributed by atoms with Gasteiger partial charge in [-0.1, -0.05) is 6.92 Å². The molecule has 0 spiro atoms. The first-order valence-corrected chi connectivity index (χ1v) is 9.24. The number of sulfonamides is 1. The monoisotopic (exact) mass is 380 g/mol. The summed E-state index contributed by atoms with van der Waals surface area (Å²) in [6.45, 7) is 4.48. The molecule has 1 saturated heterocycles. The lowest BCUT2D eigenvalue weighted by Crippen LogP contribution is -2.37. The Labute approximate surface area is 134 Å². The zero-order chi connectivity index (χ0) is 15.5. The third kappa shape index (κ3) is 3.87. The first kappa shape index (κ1) is 17.0. The van der Waals surface area contributed by atoms with Gasteiger partial charge in [-0.05, 0) is 35.3 Å². The molecule has 1 N–H and O–H groups in total. The van der Waals surface area contributed by atoms with Crippen molar-refractivity contribution in [1.29, 1.82) is 0 Å². The van der Waals surface area contributed by atoms with Crippen LogP contribution in [0.25, 0.3) is 0 Å². The fourth-order valence-corrected chi connectivity index (χ4v) is 4.54. The van der Waals surface area contributed by atoms with E-state index in [-0.39, 0.29) is 15.6 Å². The van der Waals surface area contributed by atoms with Crippen LogP contribution in [0.4, 0.5) is 0 Å². The van der Waals surface area contributed by atoms with E-state index in [4.69, 9.17) is 9.15 Å². The van der Waals surface area contributed by atoms with E-state index in [1.807, 2.05) is 0 Å². The van der Waals surface area contributed by atoms with Gasteiger partial charge < -0.3 is 14.5 Å². The maximum absolute atomic E-state index is 12.6. The SMILES string of the molecule is CCCNCc1cc(S(=O)(=O)N(C)C2CCOC2)c(Br)o1. The van der Waals surface area contributed by atoms with E-state index in [0.717, 1.165) is 19.4 Å². The van der Waals surface area contributed by atoms with Crippen molar-refractivity contribution in [3.8, 4) is 0 Å². The molecule has 0 bridgehead atoms. The first-order valence-electron chi connectivity index (χ1n) is 7.01. The molecule has 2 heterocycles. The molecule has 6 nitrogen and oxygen atoms in total. The summed E-state index contributed by atoms with van der Waals surface area (Å²) in [5.74, 6) is 0.602. The fourth-order valence-electron chi connectivity index (χ4n) is 2.21. The number of ether oxygens (including phenoxy) is 1. The van der Waals surface area contributed by atoms with Crippen molar-refractivity contribution < 1.29 is 17.6 Å². The van der Waals surface area contributed by atoms with Gasteiger partial charge in [0.15, 0.2) is 4.67 Å². The topological polar surface area (TPSA) is 71.8 Å². The van der Waals surface area contributed by atoms with Crippen molar-refractivity contribution in [1.82, 2.24) is 9.62 Å². The molecule has 8 heteroatoms. The average molecular weight is 381 g/mol. The molecule has 1 unspecified atom stereocenters. The van der Waals surface area contributed by atoms with Crippen LogP contribution in [0.5, 0.6) is 0 Å². The highest BCUT2D eigenvalue weighted by Crippen LogP contribution is 2.30. The second-order valence-electron chi connectivity index (χ2n) is 5.07. The van der Waals surface area contributed by atoms with Crippen molar-refractivity contribution in [2.75, 3.05) is 26.8 Å². The molecular weight excluding hydrogens is 360 g/mol. The van der Waals surface area contributed by atoms with Gasteiger partial charge in [-0.3, -0.25) is 0 Å². The minimum absolute atomic E-state index is 0.113.